The molecule has 0 spiro atoms. The first-order valence-electron chi connectivity index (χ1n) is 11.3. The van der Waals surface area contributed by atoms with Gasteiger partial charge in [-0.25, -0.2) is 13.9 Å². The highest BCUT2D eigenvalue weighted by atomic mass is 32.2. The number of pyridine rings is 2. The number of hydrogen-bond donors (Lipinski definition) is 2. The molecule has 2 atom stereocenters. The Kier molecular flexibility index (Phi) is 8.88. The molecule has 0 bridgehead atoms. The van der Waals surface area contributed by atoms with Crippen LogP contribution < -0.4 is 19.7 Å². The molecule has 1 fully saturated rings. The topological polar surface area (TPSA) is 96.4 Å². The Balaban J connectivity index is 0.000000172. The Morgan fingerprint density at radius 3 is 2.94 bits per heavy atom. The van der Waals surface area contributed by atoms with Crippen molar-refractivity contribution in [3.8, 4) is 5.88 Å². The number of amides is 1. The van der Waals surface area contributed by atoms with E-state index in [1.807, 2.05) is 36.2 Å². The van der Waals surface area contributed by atoms with Crippen LogP contribution in [0.4, 0.5) is 11.4 Å². The fraction of sp³-hybridized carbons (Fsp3) is 0.375. The molecule has 1 aromatic carbocycles. The van der Waals surface area contributed by atoms with Crippen molar-refractivity contribution in [1.82, 2.24) is 14.7 Å². The highest BCUT2D eigenvalue weighted by Crippen LogP contribution is 2.33. The first-order chi connectivity index (χ1) is 17.0. The minimum absolute atomic E-state index is 0.0140. The summed E-state index contributed by atoms with van der Waals surface area (Å²) in [6.45, 7) is 4.41. The zero-order valence-corrected chi connectivity index (χ0v) is 22.4. The molecule has 2 aliphatic rings. The monoisotopic (exact) mass is 531 g/mol. The summed E-state index contributed by atoms with van der Waals surface area (Å²) in [5.74, 6) is 2.26. The minimum atomic E-state index is -1.21. The van der Waals surface area contributed by atoms with Crippen molar-refractivity contribution >= 4 is 62.8 Å². The molecule has 2 N–H and O–H groups in total. The Labute approximate surface area is 216 Å². The number of hydrogen-bond acceptors (Lipinski definition) is 8. The Bertz CT molecular complexity index is 1230. The third-order valence-electron chi connectivity index (χ3n) is 5.62. The van der Waals surface area contributed by atoms with E-state index in [-0.39, 0.29) is 5.91 Å². The number of ether oxygens (including phenoxy) is 1. The highest BCUT2D eigenvalue weighted by molar-refractivity contribution is 8.00. The number of rotatable bonds is 6. The van der Waals surface area contributed by atoms with Crippen LogP contribution >= 0.6 is 23.5 Å². The highest BCUT2D eigenvalue weighted by Gasteiger charge is 2.24. The second-order valence-corrected chi connectivity index (χ2v) is 11.8. The average Bonchev–Trinajstić information content (AvgIpc) is 3.36. The van der Waals surface area contributed by atoms with E-state index in [4.69, 9.17) is 4.74 Å². The Hall–Kier alpha value is -2.34. The third kappa shape index (κ3) is 6.27. The lowest BCUT2D eigenvalue weighted by atomic mass is 10.2. The van der Waals surface area contributed by atoms with Crippen LogP contribution in [0.1, 0.15) is 13.3 Å². The number of carbonyl (C=O) groups is 1. The molecule has 0 saturated carbocycles. The largest absolute Gasteiger partial charge is 0.481 e. The maximum absolute atomic E-state index is 11.5. The predicted octanol–water partition coefficient (Wildman–Crippen LogP) is 3.94. The molecular weight excluding hydrogens is 502 g/mol. The van der Waals surface area contributed by atoms with E-state index in [0.717, 1.165) is 40.0 Å². The van der Waals surface area contributed by atoms with Crippen molar-refractivity contribution in [2.24, 2.45) is 0 Å². The number of thioether (sulfide) groups is 2. The standard InChI is InChI=1S/C15H19N3OS.C9H10N2O2S2/c1-3-20-11-7-9-18(10-11)13-6-8-16-12-4-5-14(19-2)17-15(12)13;1-10-15(13)6-2-3-8-7(4-6)11-9(12)5-14-8/h4-6,8,11H,3,7,9-10H2,1-2H3;2-4,10H,5H2,1H3,(H,11,12). The molecule has 1 saturated heterocycles. The first-order valence-corrected chi connectivity index (χ1v) is 14.5. The van der Waals surface area contributed by atoms with Gasteiger partial charge in [-0.3, -0.25) is 9.78 Å². The van der Waals surface area contributed by atoms with Gasteiger partial charge in [-0.05, 0) is 49.6 Å². The number of aromatic nitrogens is 2. The van der Waals surface area contributed by atoms with E-state index < -0.39 is 11.0 Å². The van der Waals surface area contributed by atoms with Gasteiger partial charge < -0.3 is 15.0 Å². The van der Waals surface area contributed by atoms with Crippen molar-refractivity contribution in [2.45, 2.75) is 28.4 Å². The van der Waals surface area contributed by atoms with Crippen LogP contribution in [0.2, 0.25) is 0 Å². The number of benzene rings is 1. The molecule has 2 aromatic heterocycles. The molecule has 3 aromatic rings. The number of carbonyl (C=O) groups excluding carboxylic acids is 1. The molecule has 2 unspecified atom stereocenters. The van der Waals surface area contributed by atoms with E-state index in [1.165, 1.54) is 29.6 Å². The molecule has 2 aliphatic heterocycles. The van der Waals surface area contributed by atoms with Crippen molar-refractivity contribution in [1.29, 1.82) is 0 Å². The van der Waals surface area contributed by atoms with Crippen LogP contribution in [0.3, 0.4) is 0 Å². The van der Waals surface area contributed by atoms with Crippen molar-refractivity contribution in [3.05, 3.63) is 42.6 Å². The maximum atomic E-state index is 11.5. The van der Waals surface area contributed by atoms with E-state index >= 15 is 0 Å². The van der Waals surface area contributed by atoms with Crippen LogP contribution in [-0.4, -0.2) is 64.1 Å². The normalized spacial score (nSPS) is 17.9. The molecule has 8 nitrogen and oxygen atoms in total. The third-order valence-corrected chi connectivity index (χ3v) is 8.93. The molecule has 35 heavy (non-hydrogen) atoms. The molecule has 0 aliphatic carbocycles. The van der Waals surface area contributed by atoms with E-state index in [0.29, 0.717) is 16.5 Å². The smallest absolute Gasteiger partial charge is 0.234 e. The van der Waals surface area contributed by atoms with Gasteiger partial charge in [0.2, 0.25) is 11.8 Å². The summed E-state index contributed by atoms with van der Waals surface area (Å²) in [6.07, 6.45) is 3.11. The lowest BCUT2D eigenvalue weighted by molar-refractivity contribution is -0.113. The van der Waals surface area contributed by atoms with Gasteiger partial charge >= 0.3 is 0 Å². The number of fused-ring (bicyclic) bond motifs is 2. The van der Waals surface area contributed by atoms with E-state index in [1.54, 1.807) is 26.3 Å². The van der Waals surface area contributed by atoms with Crippen LogP contribution in [0.25, 0.3) is 11.0 Å². The van der Waals surface area contributed by atoms with Crippen LogP contribution in [0.5, 0.6) is 5.88 Å². The lowest BCUT2D eigenvalue weighted by Crippen LogP contribution is -2.21. The summed E-state index contributed by atoms with van der Waals surface area (Å²) in [6, 6.07) is 11.3. The second kappa shape index (κ2) is 12.1. The Morgan fingerprint density at radius 1 is 1.31 bits per heavy atom. The number of nitrogens with one attached hydrogen (secondary N) is 2. The van der Waals surface area contributed by atoms with Gasteiger partial charge in [-0.1, -0.05) is 6.92 Å². The second-order valence-electron chi connectivity index (χ2n) is 7.83. The molecule has 5 rings (SSSR count). The fourth-order valence-corrected chi connectivity index (χ4v) is 6.45. The molecule has 4 heterocycles. The summed E-state index contributed by atoms with van der Waals surface area (Å²) in [7, 11) is 2.06. The summed E-state index contributed by atoms with van der Waals surface area (Å²) >= 11 is 3.54. The summed E-state index contributed by atoms with van der Waals surface area (Å²) in [5, 5.41) is 3.49. The van der Waals surface area contributed by atoms with Crippen molar-refractivity contribution < 1.29 is 13.7 Å². The van der Waals surface area contributed by atoms with Crippen molar-refractivity contribution in [3.63, 3.8) is 0 Å². The zero-order chi connectivity index (χ0) is 24.8. The van der Waals surface area contributed by atoms with Gasteiger partial charge in [0.15, 0.2) is 0 Å². The van der Waals surface area contributed by atoms with Crippen LogP contribution in [0.15, 0.2) is 52.4 Å². The number of nitrogens with zero attached hydrogens (tertiary/aromatic N) is 3. The SMILES string of the molecule is CCSC1CCN(c2ccnc3ccc(OC)nc23)C1.CNS(=O)c1ccc2c(c1)NC(=O)CS2. The summed E-state index contributed by atoms with van der Waals surface area (Å²) < 4.78 is 19.4. The van der Waals surface area contributed by atoms with Crippen LogP contribution in [0, 0.1) is 0 Å². The zero-order valence-electron chi connectivity index (χ0n) is 19.9. The Morgan fingerprint density at radius 2 is 2.17 bits per heavy atom. The molecule has 186 valence electrons. The van der Waals surface area contributed by atoms with Gasteiger partial charge in [0, 0.05) is 35.5 Å². The van der Waals surface area contributed by atoms with E-state index in [2.05, 4.69) is 37.9 Å². The van der Waals surface area contributed by atoms with Gasteiger partial charge in [0.25, 0.3) is 0 Å². The average molecular weight is 532 g/mol. The van der Waals surface area contributed by atoms with E-state index in [9.17, 15) is 9.00 Å². The van der Waals surface area contributed by atoms with Gasteiger partial charge in [-0.2, -0.15) is 11.8 Å². The van der Waals surface area contributed by atoms with Gasteiger partial charge in [0.05, 0.1) is 34.6 Å². The quantitative estimate of drug-likeness (QED) is 0.494. The number of anilines is 2. The summed E-state index contributed by atoms with van der Waals surface area (Å²) in [4.78, 5) is 24.2. The maximum Gasteiger partial charge on any atom is 0.234 e. The van der Waals surface area contributed by atoms with Gasteiger partial charge in [-0.15, -0.1) is 11.8 Å². The molecule has 1 amide bonds. The fourth-order valence-electron chi connectivity index (χ4n) is 3.98. The first kappa shape index (κ1) is 25.7. The van der Waals surface area contributed by atoms with Crippen molar-refractivity contribution in [2.75, 3.05) is 49.0 Å². The number of methoxy groups -OCH3 is 1. The predicted molar refractivity (Wildman–Crippen MR) is 146 cm³/mol. The van der Waals surface area contributed by atoms with Gasteiger partial charge in [0.1, 0.15) is 16.5 Å². The molecule has 0 radical (unpaired) electrons. The molecule has 11 heteroatoms. The molecular formula is C24H29N5O3S3. The van der Waals surface area contributed by atoms with Crippen LogP contribution in [-0.2, 0) is 15.8 Å². The minimum Gasteiger partial charge on any atom is -0.481 e. The summed E-state index contributed by atoms with van der Waals surface area (Å²) in [5.41, 5.74) is 3.79. The lowest BCUT2D eigenvalue weighted by Gasteiger charge is -2.19.